The lowest BCUT2D eigenvalue weighted by Gasteiger charge is -2.55. The number of piperidine rings is 1. The fourth-order valence-corrected chi connectivity index (χ4v) is 7.98. The molecule has 0 radical (unpaired) electrons. The molecule has 8 heteroatoms. The van der Waals surface area contributed by atoms with Crippen LogP contribution in [-0.4, -0.2) is 57.1 Å². The highest BCUT2D eigenvalue weighted by Crippen LogP contribution is 2.60. The topological polar surface area (TPSA) is 95.5 Å². The Morgan fingerprint density at radius 1 is 0.941 bits per heavy atom. The third-order valence-corrected chi connectivity index (χ3v) is 9.36. The standard InChI is InChI=1S/C26H35N5O3/c1-16(32)30-5-2-20(3-6-30)24(33)31-7-4-21-22(14-31)27-15-28-23(21)29-25(34)26-11-17-8-18(12-26)10-19(9-17)13-26/h15,17-20H,2-14H2,1H3,(H,27,28,29,34). The number of hydrogen-bond donors (Lipinski definition) is 1. The van der Waals surface area contributed by atoms with E-state index in [2.05, 4.69) is 15.3 Å². The Labute approximate surface area is 200 Å². The van der Waals surface area contributed by atoms with Gasteiger partial charge in [-0.1, -0.05) is 0 Å². The minimum Gasteiger partial charge on any atom is -0.343 e. The number of hydrogen-bond acceptors (Lipinski definition) is 5. The molecule has 2 aliphatic heterocycles. The summed E-state index contributed by atoms with van der Waals surface area (Å²) >= 11 is 0. The fourth-order valence-electron chi connectivity index (χ4n) is 7.98. The molecule has 182 valence electrons. The van der Waals surface area contributed by atoms with Crippen LogP contribution in [0.4, 0.5) is 5.82 Å². The number of rotatable bonds is 3. The molecule has 0 aromatic carbocycles. The molecule has 0 unspecified atom stereocenters. The summed E-state index contributed by atoms with van der Waals surface area (Å²) < 4.78 is 0. The summed E-state index contributed by atoms with van der Waals surface area (Å²) in [5.41, 5.74) is 1.62. The molecule has 4 aliphatic carbocycles. The number of likely N-dealkylation sites (tertiary alicyclic amines) is 1. The number of carbonyl (C=O) groups excluding carboxylic acids is 3. The van der Waals surface area contributed by atoms with Gasteiger partial charge in [0.1, 0.15) is 12.1 Å². The van der Waals surface area contributed by atoms with Crippen molar-refractivity contribution in [2.45, 2.75) is 71.3 Å². The first-order chi connectivity index (χ1) is 16.4. The van der Waals surface area contributed by atoms with Crippen LogP contribution in [0.1, 0.15) is 69.5 Å². The second kappa shape index (κ2) is 8.31. The van der Waals surface area contributed by atoms with E-state index in [1.807, 2.05) is 9.80 Å². The lowest BCUT2D eigenvalue weighted by Crippen LogP contribution is -2.52. The third kappa shape index (κ3) is 3.79. The summed E-state index contributed by atoms with van der Waals surface area (Å²) in [5, 5.41) is 3.22. The van der Waals surface area contributed by atoms with Crippen LogP contribution in [0.25, 0.3) is 0 Å². The quantitative estimate of drug-likeness (QED) is 0.741. The highest BCUT2D eigenvalue weighted by atomic mass is 16.2. The lowest BCUT2D eigenvalue weighted by molar-refractivity contribution is -0.141. The molecule has 3 heterocycles. The van der Waals surface area contributed by atoms with Crippen molar-refractivity contribution in [3.05, 3.63) is 17.6 Å². The summed E-state index contributed by atoms with van der Waals surface area (Å²) in [6.07, 6.45) is 10.6. The lowest BCUT2D eigenvalue weighted by atomic mass is 9.49. The SMILES string of the molecule is CC(=O)N1CCC(C(=O)N2CCc3c(ncnc3NC(=O)C34CC5CC(CC(C5)C3)C4)C2)CC1. The van der Waals surface area contributed by atoms with Crippen LogP contribution in [0.5, 0.6) is 0 Å². The zero-order chi connectivity index (χ0) is 23.4. The van der Waals surface area contributed by atoms with Crippen molar-refractivity contribution in [2.75, 3.05) is 25.0 Å². The van der Waals surface area contributed by atoms with E-state index in [1.54, 1.807) is 6.92 Å². The molecular weight excluding hydrogens is 430 g/mol. The second-order valence-electron chi connectivity index (χ2n) is 11.6. The van der Waals surface area contributed by atoms with Gasteiger partial charge in [-0.15, -0.1) is 0 Å². The Hall–Kier alpha value is -2.51. The van der Waals surface area contributed by atoms with Crippen LogP contribution >= 0.6 is 0 Å². The van der Waals surface area contributed by atoms with Crippen molar-refractivity contribution < 1.29 is 14.4 Å². The Kier molecular flexibility index (Phi) is 5.37. The molecule has 7 rings (SSSR count). The molecule has 1 aromatic rings. The predicted molar refractivity (Wildman–Crippen MR) is 125 cm³/mol. The number of anilines is 1. The Morgan fingerprint density at radius 2 is 1.59 bits per heavy atom. The van der Waals surface area contributed by atoms with Crippen LogP contribution in [0, 0.1) is 29.1 Å². The number of nitrogens with one attached hydrogen (secondary N) is 1. The summed E-state index contributed by atoms with van der Waals surface area (Å²) in [5.74, 6) is 3.17. The summed E-state index contributed by atoms with van der Waals surface area (Å²) in [6.45, 7) is 3.97. The van der Waals surface area contributed by atoms with E-state index in [0.717, 1.165) is 61.1 Å². The monoisotopic (exact) mass is 465 g/mol. The highest BCUT2D eigenvalue weighted by molar-refractivity contribution is 5.95. The van der Waals surface area contributed by atoms with Crippen LogP contribution in [0.3, 0.4) is 0 Å². The summed E-state index contributed by atoms with van der Waals surface area (Å²) in [7, 11) is 0. The zero-order valence-electron chi connectivity index (χ0n) is 20.1. The van der Waals surface area contributed by atoms with E-state index >= 15 is 0 Å². The van der Waals surface area contributed by atoms with E-state index in [1.165, 1.54) is 25.6 Å². The van der Waals surface area contributed by atoms with Crippen molar-refractivity contribution in [3.8, 4) is 0 Å². The van der Waals surface area contributed by atoms with Crippen molar-refractivity contribution in [3.63, 3.8) is 0 Å². The Bertz CT molecular complexity index is 980. The van der Waals surface area contributed by atoms with Gasteiger partial charge in [-0.25, -0.2) is 9.97 Å². The molecule has 0 atom stereocenters. The first kappa shape index (κ1) is 22.0. The minimum atomic E-state index is -0.210. The average molecular weight is 466 g/mol. The van der Waals surface area contributed by atoms with Gasteiger partial charge in [0.25, 0.3) is 0 Å². The van der Waals surface area contributed by atoms with Crippen LogP contribution in [0.2, 0.25) is 0 Å². The highest BCUT2D eigenvalue weighted by Gasteiger charge is 2.54. The van der Waals surface area contributed by atoms with Crippen molar-refractivity contribution in [2.24, 2.45) is 29.1 Å². The van der Waals surface area contributed by atoms with E-state index in [-0.39, 0.29) is 29.1 Å². The molecule has 3 amide bonds. The summed E-state index contributed by atoms with van der Waals surface area (Å²) in [6, 6.07) is 0. The zero-order valence-corrected chi connectivity index (χ0v) is 20.1. The van der Waals surface area contributed by atoms with Gasteiger partial charge in [0.05, 0.1) is 17.7 Å². The molecule has 1 aromatic heterocycles. The van der Waals surface area contributed by atoms with E-state index in [4.69, 9.17) is 0 Å². The van der Waals surface area contributed by atoms with E-state index in [0.29, 0.717) is 38.4 Å². The number of nitrogens with zero attached hydrogens (tertiary/aromatic N) is 4. The average Bonchev–Trinajstić information content (AvgIpc) is 2.82. The van der Waals surface area contributed by atoms with Crippen LogP contribution in [0.15, 0.2) is 6.33 Å². The van der Waals surface area contributed by atoms with Crippen molar-refractivity contribution >= 4 is 23.5 Å². The first-order valence-corrected chi connectivity index (χ1v) is 13.1. The molecule has 34 heavy (non-hydrogen) atoms. The molecule has 8 nitrogen and oxygen atoms in total. The molecule has 5 fully saturated rings. The van der Waals surface area contributed by atoms with Gasteiger partial charge in [-0.2, -0.15) is 0 Å². The summed E-state index contributed by atoms with van der Waals surface area (Å²) in [4.78, 5) is 51.0. The van der Waals surface area contributed by atoms with E-state index in [9.17, 15) is 14.4 Å². The van der Waals surface area contributed by atoms with E-state index < -0.39 is 0 Å². The molecule has 1 saturated heterocycles. The van der Waals surface area contributed by atoms with Gasteiger partial charge in [0.2, 0.25) is 17.7 Å². The smallest absolute Gasteiger partial charge is 0.231 e. The van der Waals surface area contributed by atoms with Gasteiger partial charge in [-0.3, -0.25) is 14.4 Å². The maximum absolute atomic E-state index is 13.5. The second-order valence-corrected chi connectivity index (χ2v) is 11.6. The van der Waals surface area contributed by atoms with Gasteiger partial charge in [0, 0.05) is 38.0 Å². The van der Waals surface area contributed by atoms with Crippen molar-refractivity contribution in [1.82, 2.24) is 19.8 Å². The minimum absolute atomic E-state index is 0.0331. The van der Waals surface area contributed by atoms with Crippen LogP contribution in [-0.2, 0) is 27.3 Å². The number of carbonyl (C=O) groups is 3. The maximum atomic E-state index is 13.5. The maximum Gasteiger partial charge on any atom is 0.231 e. The molecule has 4 saturated carbocycles. The molecule has 0 spiro atoms. The third-order valence-electron chi connectivity index (χ3n) is 9.36. The fraction of sp³-hybridized carbons (Fsp3) is 0.731. The largest absolute Gasteiger partial charge is 0.343 e. The first-order valence-electron chi connectivity index (χ1n) is 13.1. The Morgan fingerprint density at radius 3 is 2.21 bits per heavy atom. The number of fused-ring (bicyclic) bond motifs is 1. The molecule has 4 bridgehead atoms. The van der Waals surface area contributed by atoms with Crippen molar-refractivity contribution in [1.29, 1.82) is 0 Å². The normalized spacial score (nSPS) is 32.4. The van der Waals surface area contributed by atoms with Gasteiger partial charge in [0.15, 0.2) is 0 Å². The van der Waals surface area contributed by atoms with Gasteiger partial charge >= 0.3 is 0 Å². The van der Waals surface area contributed by atoms with Gasteiger partial charge in [-0.05, 0) is 75.5 Å². The number of aromatic nitrogens is 2. The van der Waals surface area contributed by atoms with Gasteiger partial charge < -0.3 is 15.1 Å². The molecule has 1 N–H and O–H groups in total. The molecule has 6 aliphatic rings. The molecular formula is C26H35N5O3. The Balaban J connectivity index is 1.13. The number of amides is 3. The van der Waals surface area contributed by atoms with Crippen LogP contribution < -0.4 is 5.32 Å². The predicted octanol–water partition coefficient (Wildman–Crippen LogP) is 2.77.